The number of aromatic amines is 1. The van der Waals surface area contributed by atoms with Crippen molar-refractivity contribution < 1.29 is 9.47 Å². The van der Waals surface area contributed by atoms with Gasteiger partial charge in [-0.3, -0.25) is 0 Å². The van der Waals surface area contributed by atoms with E-state index in [1.165, 1.54) is 0 Å². The Morgan fingerprint density at radius 2 is 1.88 bits per heavy atom. The fourth-order valence-corrected chi connectivity index (χ4v) is 3.07. The summed E-state index contributed by atoms with van der Waals surface area (Å²) in [7, 11) is 0. The van der Waals surface area contributed by atoms with E-state index in [1.54, 1.807) is 6.26 Å². The number of aromatic nitrogens is 1. The number of allylic oxidation sites excluding steroid dienone is 2. The van der Waals surface area contributed by atoms with Crippen LogP contribution in [0.5, 0.6) is 0 Å². The largest absolute Gasteiger partial charge is 0.461 e. The molecule has 0 saturated carbocycles. The number of hydrogen-bond donors (Lipinski definition) is 1. The standard InChI is InChI=1S/C21H16N2O2/c22-11-18(19-12-23-20-9-5-4-8-16(19)20)17(21-13-24-14-25-21)10-15-6-2-1-3-7-15/h1-9,12-13,23H,10,14H2/b18-17-. The average Bonchev–Trinajstić information content (AvgIpc) is 3.33. The summed E-state index contributed by atoms with van der Waals surface area (Å²) in [5, 5.41) is 10.9. The molecule has 4 nitrogen and oxygen atoms in total. The molecule has 0 fully saturated rings. The van der Waals surface area contributed by atoms with Gasteiger partial charge in [-0.25, -0.2) is 0 Å². The van der Waals surface area contributed by atoms with Crippen LogP contribution in [0.2, 0.25) is 0 Å². The molecule has 0 unspecified atom stereocenters. The number of para-hydroxylation sites is 1. The van der Waals surface area contributed by atoms with Crippen molar-refractivity contribution in [3.63, 3.8) is 0 Å². The first-order chi connectivity index (χ1) is 12.4. The van der Waals surface area contributed by atoms with Crippen LogP contribution < -0.4 is 0 Å². The van der Waals surface area contributed by atoms with E-state index in [0.29, 0.717) is 17.8 Å². The van der Waals surface area contributed by atoms with Crippen molar-refractivity contribution in [2.24, 2.45) is 0 Å². The lowest BCUT2D eigenvalue weighted by Gasteiger charge is -2.11. The van der Waals surface area contributed by atoms with E-state index in [2.05, 4.69) is 11.1 Å². The van der Waals surface area contributed by atoms with Crippen LogP contribution >= 0.6 is 0 Å². The summed E-state index contributed by atoms with van der Waals surface area (Å²) in [5.41, 5.74) is 4.41. The summed E-state index contributed by atoms with van der Waals surface area (Å²) in [6.45, 7) is 0.181. The van der Waals surface area contributed by atoms with Gasteiger partial charge in [0, 0.05) is 34.7 Å². The maximum atomic E-state index is 9.92. The number of nitrogens with one attached hydrogen (secondary N) is 1. The van der Waals surface area contributed by atoms with Gasteiger partial charge in [-0.2, -0.15) is 5.26 Å². The molecule has 1 aromatic heterocycles. The molecule has 2 heterocycles. The molecule has 1 N–H and O–H groups in total. The van der Waals surface area contributed by atoms with E-state index >= 15 is 0 Å². The third-order valence-corrected chi connectivity index (χ3v) is 4.27. The zero-order valence-electron chi connectivity index (χ0n) is 13.5. The Kier molecular flexibility index (Phi) is 3.97. The molecule has 0 amide bonds. The molecule has 0 atom stereocenters. The van der Waals surface area contributed by atoms with Gasteiger partial charge in [0.25, 0.3) is 0 Å². The number of nitrogens with zero attached hydrogens (tertiary/aromatic N) is 1. The van der Waals surface area contributed by atoms with Crippen LogP contribution in [0.4, 0.5) is 0 Å². The van der Waals surface area contributed by atoms with E-state index in [-0.39, 0.29) is 6.79 Å². The molecule has 4 rings (SSSR count). The predicted molar refractivity (Wildman–Crippen MR) is 96.1 cm³/mol. The fraction of sp³-hybridized carbons (Fsp3) is 0.0952. The van der Waals surface area contributed by atoms with Gasteiger partial charge in [0.05, 0.1) is 5.57 Å². The van der Waals surface area contributed by atoms with Crippen LogP contribution in [0, 0.1) is 11.3 Å². The number of H-pyrrole nitrogens is 1. The highest BCUT2D eigenvalue weighted by Gasteiger charge is 2.21. The Labute approximate surface area is 145 Å². The summed E-state index contributed by atoms with van der Waals surface area (Å²) in [6.07, 6.45) is 4.06. The minimum absolute atomic E-state index is 0.181. The van der Waals surface area contributed by atoms with Crippen molar-refractivity contribution in [3.8, 4) is 6.07 Å². The molecule has 2 aromatic carbocycles. The Hall–Kier alpha value is -3.45. The summed E-state index contributed by atoms with van der Waals surface area (Å²) in [4.78, 5) is 3.24. The molecule has 0 spiro atoms. The summed E-state index contributed by atoms with van der Waals surface area (Å²) < 4.78 is 10.8. The molecule has 0 aliphatic carbocycles. The monoisotopic (exact) mass is 328 g/mol. The van der Waals surface area contributed by atoms with Crippen molar-refractivity contribution in [1.82, 2.24) is 4.98 Å². The smallest absolute Gasteiger partial charge is 0.230 e. The second kappa shape index (κ2) is 6.58. The van der Waals surface area contributed by atoms with E-state index in [9.17, 15) is 5.26 Å². The Morgan fingerprint density at radius 3 is 2.64 bits per heavy atom. The van der Waals surface area contributed by atoms with Gasteiger partial charge in [0.2, 0.25) is 6.79 Å². The highest BCUT2D eigenvalue weighted by atomic mass is 16.7. The molecule has 4 heteroatoms. The van der Waals surface area contributed by atoms with Crippen LogP contribution in [0.25, 0.3) is 16.5 Å². The lowest BCUT2D eigenvalue weighted by molar-refractivity contribution is 0.0830. The molecule has 0 radical (unpaired) electrons. The number of benzene rings is 2. The number of rotatable bonds is 4. The van der Waals surface area contributed by atoms with Crippen molar-refractivity contribution in [3.05, 3.63) is 89.5 Å². The highest BCUT2D eigenvalue weighted by molar-refractivity contribution is 5.97. The summed E-state index contributed by atoms with van der Waals surface area (Å²) >= 11 is 0. The first kappa shape index (κ1) is 15.1. The lowest BCUT2D eigenvalue weighted by atomic mass is 9.94. The Bertz CT molecular complexity index is 1010. The number of hydrogen-bond acceptors (Lipinski definition) is 3. The second-order valence-electron chi connectivity index (χ2n) is 5.79. The molecule has 25 heavy (non-hydrogen) atoms. The first-order valence-electron chi connectivity index (χ1n) is 8.05. The topological polar surface area (TPSA) is 58.0 Å². The van der Waals surface area contributed by atoms with Gasteiger partial charge in [0.15, 0.2) is 5.76 Å². The number of ether oxygens (including phenoxy) is 2. The van der Waals surface area contributed by atoms with Gasteiger partial charge in [0.1, 0.15) is 12.3 Å². The Balaban J connectivity index is 1.89. The van der Waals surface area contributed by atoms with E-state index in [4.69, 9.17) is 9.47 Å². The maximum absolute atomic E-state index is 9.92. The van der Waals surface area contributed by atoms with Gasteiger partial charge in [-0.1, -0.05) is 48.5 Å². The minimum Gasteiger partial charge on any atom is -0.461 e. The summed E-state index contributed by atoms with van der Waals surface area (Å²) in [5.74, 6) is 0.616. The lowest BCUT2D eigenvalue weighted by Crippen LogP contribution is -2.00. The summed E-state index contributed by atoms with van der Waals surface area (Å²) in [6, 6.07) is 20.4. The molecule has 1 aliphatic rings. The van der Waals surface area contributed by atoms with Crippen LogP contribution in [-0.2, 0) is 15.9 Å². The highest BCUT2D eigenvalue weighted by Crippen LogP contribution is 2.32. The van der Waals surface area contributed by atoms with Crippen molar-refractivity contribution in [2.45, 2.75) is 6.42 Å². The number of nitriles is 1. The number of fused-ring (bicyclic) bond motifs is 1. The van der Waals surface area contributed by atoms with Crippen molar-refractivity contribution >= 4 is 16.5 Å². The second-order valence-corrected chi connectivity index (χ2v) is 5.79. The third-order valence-electron chi connectivity index (χ3n) is 4.27. The van der Waals surface area contributed by atoms with Crippen LogP contribution in [0.15, 0.2) is 78.4 Å². The minimum atomic E-state index is 0.181. The predicted octanol–water partition coefficient (Wildman–Crippen LogP) is 4.53. The Morgan fingerprint density at radius 1 is 1.08 bits per heavy atom. The van der Waals surface area contributed by atoms with E-state index in [0.717, 1.165) is 27.6 Å². The van der Waals surface area contributed by atoms with Crippen LogP contribution in [-0.4, -0.2) is 11.8 Å². The van der Waals surface area contributed by atoms with Gasteiger partial charge < -0.3 is 14.5 Å². The van der Waals surface area contributed by atoms with E-state index in [1.807, 2.05) is 60.8 Å². The maximum Gasteiger partial charge on any atom is 0.230 e. The zero-order chi connectivity index (χ0) is 17.1. The van der Waals surface area contributed by atoms with Crippen LogP contribution in [0.3, 0.4) is 0 Å². The van der Waals surface area contributed by atoms with Crippen molar-refractivity contribution in [1.29, 1.82) is 5.26 Å². The van der Waals surface area contributed by atoms with Gasteiger partial charge in [-0.15, -0.1) is 0 Å². The molecule has 0 saturated heterocycles. The molecule has 1 aliphatic heterocycles. The first-order valence-corrected chi connectivity index (χ1v) is 8.05. The van der Waals surface area contributed by atoms with Gasteiger partial charge >= 0.3 is 0 Å². The normalized spacial score (nSPS) is 14.3. The quantitative estimate of drug-likeness (QED) is 0.716. The van der Waals surface area contributed by atoms with Crippen molar-refractivity contribution in [2.75, 3.05) is 6.79 Å². The fourth-order valence-electron chi connectivity index (χ4n) is 3.07. The zero-order valence-corrected chi connectivity index (χ0v) is 13.5. The average molecular weight is 328 g/mol. The molecule has 3 aromatic rings. The van der Waals surface area contributed by atoms with E-state index < -0.39 is 0 Å². The SMILES string of the molecule is N#C/C(=C(\Cc1ccccc1)C1=COCO1)c1c[nH]c2ccccc12. The molecule has 122 valence electrons. The van der Waals surface area contributed by atoms with Crippen LogP contribution in [0.1, 0.15) is 11.1 Å². The molecular weight excluding hydrogens is 312 g/mol. The third kappa shape index (κ3) is 2.88. The molecule has 0 bridgehead atoms. The van der Waals surface area contributed by atoms with Gasteiger partial charge in [-0.05, 0) is 11.6 Å². The molecular formula is C21H16N2O2.